The minimum atomic E-state index is -0.754. The van der Waals surface area contributed by atoms with E-state index < -0.39 is 18.0 Å². The summed E-state index contributed by atoms with van der Waals surface area (Å²) in [5.41, 5.74) is 5.82. The summed E-state index contributed by atoms with van der Waals surface area (Å²) < 4.78 is 5.03. The van der Waals surface area contributed by atoms with Crippen molar-refractivity contribution in [2.75, 3.05) is 19.7 Å². The van der Waals surface area contributed by atoms with E-state index in [2.05, 4.69) is 5.32 Å². The summed E-state index contributed by atoms with van der Waals surface area (Å²) >= 11 is 5.83. The number of urea groups is 1. The number of carbonyl (C=O) groups is 3. The van der Waals surface area contributed by atoms with E-state index in [-0.39, 0.29) is 18.9 Å². The number of primary amides is 1. The Morgan fingerprint density at radius 2 is 1.83 bits per heavy atom. The first-order chi connectivity index (χ1) is 11.5. The molecule has 0 aliphatic carbocycles. The second-order valence-electron chi connectivity index (χ2n) is 5.57. The molecule has 3 amide bonds. The van der Waals surface area contributed by atoms with Crippen LogP contribution in [-0.4, -0.2) is 42.5 Å². The predicted octanol–water partition coefficient (Wildman–Crippen LogP) is 1.61. The molecule has 0 spiro atoms. The van der Waals surface area contributed by atoms with Gasteiger partial charge in [-0.2, -0.15) is 0 Å². The second kappa shape index (κ2) is 8.54. The summed E-state index contributed by atoms with van der Waals surface area (Å²) in [7, 11) is 0. The van der Waals surface area contributed by atoms with Crippen molar-refractivity contribution < 1.29 is 19.1 Å². The lowest BCUT2D eigenvalue weighted by Gasteiger charge is -2.18. The molecule has 1 aromatic rings. The molecule has 0 saturated carbocycles. The molecule has 1 saturated heterocycles. The molecule has 130 valence electrons. The van der Waals surface area contributed by atoms with Crippen molar-refractivity contribution in [1.29, 1.82) is 0 Å². The fourth-order valence-corrected chi connectivity index (χ4v) is 2.67. The number of rotatable bonds is 6. The van der Waals surface area contributed by atoms with Crippen LogP contribution in [-0.2, 0) is 14.3 Å². The Kier molecular flexibility index (Phi) is 6.43. The van der Waals surface area contributed by atoms with Crippen molar-refractivity contribution >= 4 is 29.5 Å². The van der Waals surface area contributed by atoms with Gasteiger partial charge in [-0.25, -0.2) is 4.79 Å². The van der Waals surface area contributed by atoms with E-state index in [4.69, 9.17) is 22.1 Å². The molecule has 8 heteroatoms. The standard InChI is InChI=1S/C16H20ClN3O4/c17-12-5-3-11(4-6-12)13(19-16(18)23)9-15(22)24-10-14(21)20-7-1-2-8-20/h3-6,13H,1-2,7-10H2,(H3,18,19,23)/t13-/m1/s1. The van der Waals surface area contributed by atoms with Crippen molar-refractivity contribution in [2.24, 2.45) is 5.73 Å². The van der Waals surface area contributed by atoms with Crippen LogP contribution in [0.25, 0.3) is 0 Å². The third-order valence-corrected chi connectivity index (χ3v) is 4.03. The number of carbonyl (C=O) groups excluding carboxylic acids is 3. The average Bonchev–Trinajstić information content (AvgIpc) is 3.07. The molecule has 0 aromatic heterocycles. The summed E-state index contributed by atoms with van der Waals surface area (Å²) in [5, 5.41) is 3.03. The van der Waals surface area contributed by atoms with Crippen LogP contribution in [0, 0.1) is 0 Å². The molecule has 0 radical (unpaired) electrons. The SMILES string of the molecule is NC(=O)N[C@H](CC(=O)OCC(=O)N1CCCC1)c1ccc(Cl)cc1. The number of hydrogen-bond donors (Lipinski definition) is 2. The van der Waals surface area contributed by atoms with Crippen molar-refractivity contribution in [3.05, 3.63) is 34.9 Å². The van der Waals surface area contributed by atoms with Crippen molar-refractivity contribution in [3.63, 3.8) is 0 Å². The fourth-order valence-electron chi connectivity index (χ4n) is 2.54. The Morgan fingerprint density at radius 3 is 2.42 bits per heavy atom. The minimum absolute atomic E-state index is 0.127. The molecule has 24 heavy (non-hydrogen) atoms. The van der Waals surface area contributed by atoms with Gasteiger partial charge in [0.25, 0.3) is 5.91 Å². The first-order valence-corrected chi connectivity index (χ1v) is 8.08. The van der Waals surface area contributed by atoms with Gasteiger partial charge in [0.1, 0.15) is 0 Å². The number of hydrogen-bond acceptors (Lipinski definition) is 4. The maximum atomic E-state index is 12.0. The molecular formula is C16H20ClN3O4. The molecule has 7 nitrogen and oxygen atoms in total. The summed E-state index contributed by atoms with van der Waals surface area (Å²) in [6, 6.07) is 5.27. The van der Waals surface area contributed by atoms with E-state index in [0.29, 0.717) is 23.7 Å². The van der Waals surface area contributed by atoms with Crippen molar-refractivity contribution in [1.82, 2.24) is 10.2 Å². The molecule has 0 unspecified atom stereocenters. The van der Waals surface area contributed by atoms with Crippen LogP contribution < -0.4 is 11.1 Å². The fraction of sp³-hybridized carbons (Fsp3) is 0.438. The summed E-state index contributed by atoms with van der Waals surface area (Å²) in [6.07, 6.45) is 1.82. The first kappa shape index (κ1) is 18.1. The number of nitrogens with two attached hydrogens (primary N) is 1. The molecular weight excluding hydrogens is 334 g/mol. The van der Waals surface area contributed by atoms with Gasteiger partial charge in [0.2, 0.25) is 0 Å². The largest absolute Gasteiger partial charge is 0.455 e. The zero-order valence-electron chi connectivity index (χ0n) is 13.2. The highest BCUT2D eigenvalue weighted by atomic mass is 35.5. The van der Waals surface area contributed by atoms with Gasteiger partial charge in [0.15, 0.2) is 6.61 Å². The van der Waals surface area contributed by atoms with Gasteiger partial charge in [-0.3, -0.25) is 9.59 Å². The van der Waals surface area contributed by atoms with Gasteiger partial charge in [0, 0.05) is 18.1 Å². The van der Waals surface area contributed by atoms with Gasteiger partial charge in [-0.1, -0.05) is 23.7 Å². The maximum Gasteiger partial charge on any atom is 0.312 e. The lowest BCUT2D eigenvalue weighted by atomic mass is 10.0. The molecule has 0 bridgehead atoms. The average molecular weight is 354 g/mol. The van der Waals surface area contributed by atoms with Crippen LogP contribution in [0.2, 0.25) is 5.02 Å². The number of nitrogens with one attached hydrogen (secondary N) is 1. The van der Waals surface area contributed by atoms with Crippen molar-refractivity contribution in [3.8, 4) is 0 Å². The zero-order valence-corrected chi connectivity index (χ0v) is 13.9. The molecule has 2 rings (SSSR count). The lowest BCUT2D eigenvalue weighted by Crippen LogP contribution is -2.35. The number of amides is 3. The Hall–Kier alpha value is -2.28. The third kappa shape index (κ3) is 5.42. The van der Waals surface area contributed by atoms with E-state index in [0.717, 1.165) is 12.8 Å². The Bertz CT molecular complexity index is 600. The smallest absolute Gasteiger partial charge is 0.312 e. The number of esters is 1. The highest BCUT2D eigenvalue weighted by molar-refractivity contribution is 6.30. The highest BCUT2D eigenvalue weighted by Gasteiger charge is 2.22. The van der Waals surface area contributed by atoms with Gasteiger partial charge >= 0.3 is 12.0 Å². The molecule has 1 heterocycles. The van der Waals surface area contributed by atoms with Crippen LogP contribution in [0.1, 0.15) is 30.9 Å². The maximum absolute atomic E-state index is 12.0. The Morgan fingerprint density at radius 1 is 1.21 bits per heavy atom. The minimum Gasteiger partial charge on any atom is -0.455 e. The lowest BCUT2D eigenvalue weighted by molar-refractivity contribution is -0.152. The quantitative estimate of drug-likeness (QED) is 0.758. The third-order valence-electron chi connectivity index (χ3n) is 3.78. The molecule has 3 N–H and O–H groups in total. The van der Waals surface area contributed by atoms with E-state index in [1.807, 2.05) is 0 Å². The van der Waals surface area contributed by atoms with Crippen LogP contribution in [0.4, 0.5) is 4.79 Å². The van der Waals surface area contributed by atoms with Crippen LogP contribution in [0.5, 0.6) is 0 Å². The topological polar surface area (TPSA) is 102 Å². The van der Waals surface area contributed by atoms with E-state index in [1.165, 1.54) is 0 Å². The van der Waals surface area contributed by atoms with Crippen LogP contribution >= 0.6 is 11.6 Å². The Balaban J connectivity index is 1.90. The summed E-state index contributed by atoms with van der Waals surface area (Å²) in [4.78, 5) is 36.7. The first-order valence-electron chi connectivity index (χ1n) is 7.70. The summed E-state index contributed by atoms with van der Waals surface area (Å²) in [6.45, 7) is 1.11. The number of nitrogens with zero attached hydrogens (tertiary/aromatic N) is 1. The number of ether oxygens (including phenoxy) is 1. The molecule has 1 fully saturated rings. The van der Waals surface area contributed by atoms with Gasteiger partial charge < -0.3 is 20.7 Å². The van der Waals surface area contributed by atoms with Crippen molar-refractivity contribution in [2.45, 2.75) is 25.3 Å². The summed E-state index contributed by atoms with van der Waals surface area (Å²) in [5.74, 6) is -0.789. The van der Waals surface area contributed by atoms with Gasteiger partial charge in [-0.05, 0) is 30.5 Å². The van der Waals surface area contributed by atoms with E-state index in [1.54, 1.807) is 29.2 Å². The molecule has 1 aliphatic rings. The highest BCUT2D eigenvalue weighted by Crippen LogP contribution is 2.20. The number of halogens is 1. The van der Waals surface area contributed by atoms with Gasteiger partial charge in [-0.15, -0.1) is 0 Å². The molecule has 1 aromatic carbocycles. The van der Waals surface area contributed by atoms with Crippen LogP contribution in [0.3, 0.4) is 0 Å². The van der Waals surface area contributed by atoms with Gasteiger partial charge in [0.05, 0.1) is 12.5 Å². The molecule has 1 aliphatic heterocycles. The van der Waals surface area contributed by atoms with E-state index >= 15 is 0 Å². The molecule has 1 atom stereocenters. The Labute approximate surface area is 145 Å². The van der Waals surface area contributed by atoms with E-state index in [9.17, 15) is 14.4 Å². The normalized spacial score (nSPS) is 15.0. The van der Waals surface area contributed by atoms with Crippen LogP contribution in [0.15, 0.2) is 24.3 Å². The second-order valence-corrected chi connectivity index (χ2v) is 6.00. The number of likely N-dealkylation sites (tertiary alicyclic amines) is 1. The predicted molar refractivity (Wildman–Crippen MR) is 88.3 cm³/mol. The monoisotopic (exact) mass is 353 g/mol. The zero-order chi connectivity index (χ0) is 17.5. The number of benzene rings is 1.